The van der Waals surface area contributed by atoms with Gasteiger partial charge in [-0.2, -0.15) is 0 Å². The van der Waals surface area contributed by atoms with Crippen molar-refractivity contribution in [3.05, 3.63) is 0 Å². The average Bonchev–Trinajstić information content (AvgIpc) is 1.98. The Labute approximate surface area is 70.7 Å². The highest BCUT2D eigenvalue weighted by Crippen LogP contribution is 1.94. The molecule has 0 saturated heterocycles. The van der Waals surface area contributed by atoms with Gasteiger partial charge >= 0.3 is 6.09 Å². The zero-order valence-corrected chi connectivity index (χ0v) is 7.33. The fourth-order valence-electron chi connectivity index (χ4n) is 0.748. The van der Waals surface area contributed by atoms with Crippen molar-refractivity contribution in [1.29, 1.82) is 0 Å². The largest absolute Gasteiger partial charge is 0.453 e. The zero-order valence-electron chi connectivity index (χ0n) is 7.33. The summed E-state index contributed by atoms with van der Waals surface area (Å²) in [5, 5.41) is 11.2. The summed E-state index contributed by atoms with van der Waals surface area (Å²) in [4.78, 5) is 21.4. The van der Waals surface area contributed by atoms with Gasteiger partial charge in [-0.05, 0) is 13.8 Å². The number of amides is 1. The highest BCUT2D eigenvalue weighted by atomic mass is 16.5. The van der Waals surface area contributed by atoms with Crippen LogP contribution in [-0.2, 0) is 9.53 Å². The fraction of sp³-hybridized carbons (Fsp3) is 0.714. The number of alkyl carbamates (subject to hydrolysis) is 1. The minimum atomic E-state index is -0.915. The molecule has 2 unspecified atom stereocenters. The van der Waals surface area contributed by atoms with Crippen LogP contribution in [0.1, 0.15) is 13.8 Å². The lowest BCUT2D eigenvalue weighted by Gasteiger charge is -2.17. The molecule has 0 aliphatic carbocycles. The molecule has 1 amide bonds. The minimum absolute atomic E-state index is 0.310. The van der Waals surface area contributed by atoms with E-state index in [9.17, 15) is 9.59 Å². The van der Waals surface area contributed by atoms with E-state index in [2.05, 4.69) is 10.1 Å². The molecule has 0 radical (unpaired) electrons. The van der Waals surface area contributed by atoms with Gasteiger partial charge in [-0.15, -0.1) is 0 Å². The number of carbonyl (C=O) groups is 2. The molecule has 5 heteroatoms. The first-order valence-corrected chi connectivity index (χ1v) is 3.52. The number of ether oxygens (including phenoxy) is 1. The molecular weight excluding hydrogens is 162 g/mol. The number of nitrogens with one attached hydrogen (secondary N) is 1. The van der Waals surface area contributed by atoms with Gasteiger partial charge in [0.15, 0.2) is 5.78 Å². The van der Waals surface area contributed by atoms with Gasteiger partial charge in [0.2, 0.25) is 0 Å². The highest BCUT2D eigenvalue weighted by Gasteiger charge is 2.21. The maximum Gasteiger partial charge on any atom is 0.407 e. The van der Waals surface area contributed by atoms with Crippen LogP contribution in [0.15, 0.2) is 0 Å². The summed E-state index contributed by atoms with van der Waals surface area (Å²) in [5.74, 6) is -0.310. The molecule has 0 aliphatic heterocycles. The van der Waals surface area contributed by atoms with E-state index in [0.717, 1.165) is 0 Å². The number of hydrogen-bond donors (Lipinski definition) is 2. The van der Waals surface area contributed by atoms with Crippen molar-refractivity contribution in [2.75, 3.05) is 7.11 Å². The minimum Gasteiger partial charge on any atom is -0.453 e. The number of aliphatic hydroxyl groups is 1. The molecule has 0 saturated carbocycles. The predicted molar refractivity (Wildman–Crippen MR) is 41.7 cm³/mol. The maximum atomic E-state index is 10.8. The van der Waals surface area contributed by atoms with Crippen LogP contribution in [-0.4, -0.2) is 36.2 Å². The zero-order chi connectivity index (χ0) is 9.72. The third kappa shape index (κ3) is 3.34. The van der Waals surface area contributed by atoms with E-state index < -0.39 is 18.2 Å². The fourth-order valence-corrected chi connectivity index (χ4v) is 0.748. The van der Waals surface area contributed by atoms with Crippen molar-refractivity contribution in [1.82, 2.24) is 5.32 Å². The molecule has 2 atom stereocenters. The molecule has 0 aromatic rings. The number of aliphatic hydroxyl groups excluding tert-OH is 1. The van der Waals surface area contributed by atoms with Gasteiger partial charge in [0.05, 0.1) is 13.2 Å². The van der Waals surface area contributed by atoms with Crippen LogP contribution < -0.4 is 5.32 Å². The van der Waals surface area contributed by atoms with E-state index in [1.165, 1.54) is 21.0 Å². The lowest BCUT2D eigenvalue weighted by molar-refractivity contribution is -0.121. The van der Waals surface area contributed by atoms with Crippen molar-refractivity contribution >= 4 is 11.9 Å². The van der Waals surface area contributed by atoms with Crippen molar-refractivity contribution in [3.8, 4) is 0 Å². The summed E-state index contributed by atoms with van der Waals surface area (Å²) in [6, 6.07) is -0.891. The van der Waals surface area contributed by atoms with E-state index in [0.29, 0.717) is 0 Å². The summed E-state index contributed by atoms with van der Waals surface area (Å²) in [6.45, 7) is 2.70. The van der Waals surface area contributed by atoms with Crippen LogP contribution in [0, 0.1) is 0 Å². The summed E-state index contributed by atoms with van der Waals surface area (Å²) in [5.41, 5.74) is 0. The number of ketones is 1. The number of Topliss-reactive ketones (excluding diaryl/α,β-unsaturated/α-hetero) is 1. The summed E-state index contributed by atoms with van der Waals surface area (Å²) < 4.78 is 4.27. The predicted octanol–water partition coefficient (Wildman–Crippen LogP) is -0.319. The molecule has 0 spiro atoms. The Morgan fingerprint density at radius 2 is 2.00 bits per heavy atom. The maximum absolute atomic E-state index is 10.8. The van der Waals surface area contributed by atoms with Gasteiger partial charge in [0.1, 0.15) is 6.04 Å². The van der Waals surface area contributed by atoms with Crippen LogP contribution in [0.4, 0.5) is 4.79 Å². The first-order chi connectivity index (χ1) is 5.49. The van der Waals surface area contributed by atoms with E-state index in [-0.39, 0.29) is 5.78 Å². The highest BCUT2D eigenvalue weighted by molar-refractivity contribution is 5.85. The van der Waals surface area contributed by atoms with E-state index in [4.69, 9.17) is 5.11 Å². The molecule has 2 N–H and O–H groups in total. The molecule has 0 rings (SSSR count). The first kappa shape index (κ1) is 10.9. The Hall–Kier alpha value is -1.10. The molecular formula is C7H13NO4. The normalized spacial score (nSPS) is 14.7. The topological polar surface area (TPSA) is 75.6 Å². The van der Waals surface area contributed by atoms with E-state index in [1.54, 1.807) is 0 Å². The third-order valence-electron chi connectivity index (χ3n) is 1.38. The third-order valence-corrected chi connectivity index (χ3v) is 1.38. The Balaban J connectivity index is 4.14. The molecule has 0 fully saturated rings. The van der Waals surface area contributed by atoms with Crippen molar-refractivity contribution in [3.63, 3.8) is 0 Å². The Bertz CT molecular complexity index is 178. The van der Waals surface area contributed by atoms with Crippen molar-refractivity contribution in [2.45, 2.75) is 26.0 Å². The molecule has 12 heavy (non-hydrogen) atoms. The lowest BCUT2D eigenvalue weighted by Crippen LogP contribution is -2.46. The number of carbonyl (C=O) groups excluding carboxylic acids is 2. The van der Waals surface area contributed by atoms with Gasteiger partial charge in [-0.25, -0.2) is 4.79 Å². The molecule has 5 nitrogen and oxygen atoms in total. The summed E-state index contributed by atoms with van der Waals surface area (Å²) in [7, 11) is 1.19. The van der Waals surface area contributed by atoms with Crippen LogP contribution >= 0.6 is 0 Å². The lowest BCUT2D eigenvalue weighted by atomic mass is 10.1. The summed E-state index contributed by atoms with van der Waals surface area (Å²) >= 11 is 0. The van der Waals surface area contributed by atoms with Gasteiger partial charge in [0, 0.05) is 0 Å². The van der Waals surface area contributed by atoms with Crippen LogP contribution in [0.5, 0.6) is 0 Å². The SMILES string of the molecule is COC(=O)NC(C(C)=O)C(C)O. The molecule has 0 heterocycles. The Kier molecular flexibility index (Phi) is 4.28. The van der Waals surface area contributed by atoms with Crippen LogP contribution in [0.2, 0.25) is 0 Å². The number of rotatable bonds is 3. The monoisotopic (exact) mass is 175 g/mol. The standard InChI is InChI=1S/C7H13NO4/c1-4(9)6(5(2)10)8-7(11)12-3/h4,6,9H,1-3H3,(H,8,11). The van der Waals surface area contributed by atoms with Gasteiger partial charge in [-0.1, -0.05) is 0 Å². The molecule has 0 aliphatic rings. The molecule has 70 valence electrons. The van der Waals surface area contributed by atoms with Gasteiger partial charge < -0.3 is 15.2 Å². The quantitative estimate of drug-likeness (QED) is 0.616. The summed E-state index contributed by atoms with van der Waals surface area (Å²) in [6.07, 6.45) is -1.64. The second-order valence-corrected chi connectivity index (χ2v) is 2.46. The number of methoxy groups -OCH3 is 1. The van der Waals surface area contributed by atoms with Crippen molar-refractivity contribution < 1.29 is 19.4 Å². The van der Waals surface area contributed by atoms with Gasteiger partial charge in [0.25, 0.3) is 0 Å². The van der Waals surface area contributed by atoms with Crippen LogP contribution in [0.25, 0.3) is 0 Å². The molecule has 0 aromatic carbocycles. The van der Waals surface area contributed by atoms with Crippen LogP contribution in [0.3, 0.4) is 0 Å². The van der Waals surface area contributed by atoms with E-state index in [1.807, 2.05) is 0 Å². The Morgan fingerprint density at radius 1 is 1.50 bits per heavy atom. The van der Waals surface area contributed by atoms with E-state index >= 15 is 0 Å². The molecule has 0 bridgehead atoms. The van der Waals surface area contributed by atoms with Crippen molar-refractivity contribution in [2.24, 2.45) is 0 Å². The average molecular weight is 175 g/mol. The second-order valence-electron chi connectivity index (χ2n) is 2.46. The first-order valence-electron chi connectivity index (χ1n) is 3.52. The van der Waals surface area contributed by atoms with Gasteiger partial charge in [-0.3, -0.25) is 4.79 Å². The Morgan fingerprint density at radius 3 is 2.25 bits per heavy atom. The smallest absolute Gasteiger partial charge is 0.407 e. The molecule has 0 aromatic heterocycles. The number of hydrogen-bond acceptors (Lipinski definition) is 4. The second kappa shape index (κ2) is 4.71.